The van der Waals surface area contributed by atoms with Crippen molar-refractivity contribution in [3.8, 4) is 0 Å². The maximum atomic E-state index is 14.3. The minimum Gasteiger partial charge on any atom is -0.464 e. The number of nitrogens with one attached hydrogen (secondary N) is 3. The Kier molecular flexibility index (Phi) is 16.4. The van der Waals surface area contributed by atoms with Gasteiger partial charge in [-0.1, -0.05) is 90.0 Å². The molecule has 0 bridgehead atoms. The summed E-state index contributed by atoms with van der Waals surface area (Å²) >= 11 is 1.45. The van der Waals surface area contributed by atoms with Gasteiger partial charge in [0.2, 0.25) is 11.8 Å². The zero-order chi connectivity index (χ0) is 41.4. The average Bonchev–Trinajstić information content (AvgIpc) is 3.65. The quantitative estimate of drug-likeness (QED) is 0.0550. The lowest BCUT2D eigenvalue weighted by Crippen LogP contribution is -2.43. The number of ether oxygens (including phenoxy) is 1. The summed E-state index contributed by atoms with van der Waals surface area (Å²) in [6.45, 7) is 29.2. The van der Waals surface area contributed by atoms with Gasteiger partial charge in [-0.15, -0.1) is 11.8 Å². The van der Waals surface area contributed by atoms with Crippen LogP contribution >= 0.6 is 11.8 Å². The number of H-pyrrole nitrogens is 1. The van der Waals surface area contributed by atoms with Crippen molar-refractivity contribution in [2.75, 3.05) is 17.7 Å². The monoisotopic (exact) mass is 768 g/mol. The third-order valence-corrected chi connectivity index (χ3v) is 12.9. The smallest absolute Gasteiger partial charge is 0.311 e. The molecule has 0 fully saturated rings. The van der Waals surface area contributed by atoms with Crippen molar-refractivity contribution in [1.82, 2.24) is 10.3 Å². The van der Waals surface area contributed by atoms with Crippen LogP contribution in [0.3, 0.4) is 0 Å². The van der Waals surface area contributed by atoms with Crippen LogP contribution in [0.15, 0.2) is 21.8 Å². The molecule has 1 aromatic heterocycles. The minimum atomic E-state index is -0.851. The molecule has 0 aliphatic carbocycles. The molecule has 0 aromatic carbocycles. The zero-order valence-corrected chi connectivity index (χ0v) is 36.6. The number of aromatic nitrogens is 1. The summed E-state index contributed by atoms with van der Waals surface area (Å²) in [5.41, 5.74) is 1.30. The van der Waals surface area contributed by atoms with E-state index in [2.05, 4.69) is 15.6 Å². The van der Waals surface area contributed by atoms with Gasteiger partial charge in [-0.3, -0.25) is 24.0 Å². The number of ketones is 1. The lowest BCUT2D eigenvalue weighted by Gasteiger charge is -2.30. The molecular formula is C43H68N4O6S. The lowest BCUT2D eigenvalue weighted by molar-refractivity contribution is -0.153. The number of nitrogens with zero attached hydrogens (tertiary/aromatic N) is 1. The van der Waals surface area contributed by atoms with E-state index < -0.39 is 21.0 Å². The number of allylic oxidation sites excluding steroid dienone is 1. The highest BCUT2D eigenvalue weighted by molar-refractivity contribution is 8.01. The third kappa shape index (κ3) is 10.0. The second kappa shape index (κ2) is 18.9. The molecule has 0 saturated heterocycles. The molecule has 2 rings (SSSR count). The number of rotatable bonds is 19. The number of aromatic amines is 1. The average molecular weight is 769 g/mol. The fourth-order valence-corrected chi connectivity index (χ4v) is 7.93. The number of hydrogen-bond acceptors (Lipinski definition) is 8. The summed E-state index contributed by atoms with van der Waals surface area (Å²) in [7, 11) is 0. The van der Waals surface area contributed by atoms with E-state index in [9.17, 15) is 24.0 Å². The molecule has 1 aromatic rings. The first-order valence-corrected chi connectivity index (χ1v) is 20.8. The highest BCUT2D eigenvalue weighted by Gasteiger charge is 2.40. The predicted octanol–water partition coefficient (Wildman–Crippen LogP) is 9.81. The van der Waals surface area contributed by atoms with Crippen LogP contribution < -0.4 is 10.6 Å². The van der Waals surface area contributed by atoms with Gasteiger partial charge in [0.1, 0.15) is 18.3 Å². The normalized spacial score (nSPS) is 14.9. The van der Waals surface area contributed by atoms with Gasteiger partial charge < -0.3 is 20.4 Å². The molecule has 2 amide bonds. The number of Topliss-reactive ketones (excluding diaryl/α,β-unsaturated/α-hetero) is 1. The van der Waals surface area contributed by atoms with Gasteiger partial charge in [0.25, 0.3) is 0 Å². The van der Waals surface area contributed by atoms with Crippen LogP contribution in [0.5, 0.6) is 0 Å². The summed E-state index contributed by atoms with van der Waals surface area (Å²) in [6.07, 6.45) is 6.21. The van der Waals surface area contributed by atoms with Crippen LogP contribution in [0.2, 0.25) is 0 Å². The first-order chi connectivity index (χ1) is 25.1. The van der Waals surface area contributed by atoms with E-state index in [1.807, 2.05) is 110 Å². The minimum absolute atomic E-state index is 0.116. The number of thioether (sulfide) groups is 1. The van der Waals surface area contributed by atoms with E-state index in [-0.39, 0.29) is 47.8 Å². The van der Waals surface area contributed by atoms with E-state index in [0.29, 0.717) is 78.2 Å². The highest BCUT2D eigenvalue weighted by atomic mass is 32.2. The van der Waals surface area contributed by atoms with Crippen molar-refractivity contribution in [2.45, 2.75) is 153 Å². The van der Waals surface area contributed by atoms with Crippen molar-refractivity contribution in [3.63, 3.8) is 0 Å². The van der Waals surface area contributed by atoms with Crippen molar-refractivity contribution in [2.24, 2.45) is 27.2 Å². The molecule has 1 aliphatic heterocycles. The van der Waals surface area contributed by atoms with Crippen molar-refractivity contribution in [1.29, 1.82) is 0 Å². The molecule has 0 unspecified atom stereocenters. The van der Waals surface area contributed by atoms with Crippen LogP contribution in [0.1, 0.15) is 170 Å². The van der Waals surface area contributed by atoms with Gasteiger partial charge in [0.15, 0.2) is 12.1 Å². The van der Waals surface area contributed by atoms with Crippen LogP contribution in [-0.2, 0) is 23.9 Å². The Morgan fingerprint density at radius 1 is 0.815 bits per heavy atom. The fraction of sp³-hybridized carbons (Fsp3) is 0.674. The summed E-state index contributed by atoms with van der Waals surface area (Å²) in [6, 6.07) is 0. The van der Waals surface area contributed by atoms with Gasteiger partial charge in [0.05, 0.1) is 27.0 Å². The van der Waals surface area contributed by atoms with Crippen LogP contribution in [0, 0.1) is 22.2 Å². The van der Waals surface area contributed by atoms with Crippen molar-refractivity contribution >= 4 is 59.3 Å². The Labute approximate surface area is 329 Å². The predicted molar refractivity (Wildman–Crippen MR) is 223 cm³/mol. The summed E-state index contributed by atoms with van der Waals surface area (Å²) < 4.78 is 4.72. The van der Waals surface area contributed by atoms with Gasteiger partial charge >= 0.3 is 5.97 Å². The van der Waals surface area contributed by atoms with E-state index in [0.717, 1.165) is 11.8 Å². The van der Waals surface area contributed by atoms with E-state index >= 15 is 0 Å². The van der Waals surface area contributed by atoms with Crippen molar-refractivity contribution < 1.29 is 28.7 Å². The van der Waals surface area contributed by atoms with Gasteiger partial charge in [-0.05, 0) is 81.4 Å². The molecule has 0 saturated carbocycles. The number of anilines is 1. The maximum absolute atomic E-state index is 14.3. The molecule has 0 atom stereocenters. The fourth-order valence-electron chi connectivity index (χ4n) is 6.78. The molecule has 0 spiro atoms. The summed E-state index contributed by atoms with van der Waals surface area (Å²) in [5, 5.41) is 6.11. The molecule has 54 heavy (non-hydrogen) atoms. The number of hydrogen-bond donors (Lipinski definition) is 3. The number of carbonyl (C=O) groups is 5. The molecule has 302 valence electrons. The standard InChI is InChI=1S/C43H68N4O6S/c1-16-41(14,15)39(52)53-22-23-54-43(20-5,21-6)38(51)47-36-33(34(49)40(11,12)13)32(27(9)10)30(45-36)24-29-31(26(7)8)28(25-48)35(44-29)46-37(50)42(17-2,18-3)19-4/h24-27,45H,16-23H2,1-15H3,(H,47,51)(H,44,46,50). The second-order valence-electron chi connectivity index (χ2n) is 16.7. The molecule has 11 heteroatoms. The van der Waals surface area contributed by atoms with Gasteiger partial charge in [-0.25, -0.2) is 4.99 Å². The Bertz CT molecular complexity index is 1640. The van der Waals surface area contributed by atoms with Crippen LogP contribution in [0.25, 0.3) is 6.08 Å². The lowest BCUT2D eigenvalue weighted by atomic mass is 9.79. The van der Waals surface area contributed by atoms with Gasteiger partial charge in [0, 0.05) is 22.3 Å². The SMILES string of the molecule is CCC(C)(C)C(=O)OCCSC(CC)(CC)C(=O)Nc1[nH]c(C=C2N=C(NC(=O)C(CC)(CC)CC)C(C=O)=C2C(C)C)c(C(C)C)c1C(=O)C(C)(C)C. The zero-order valence-electron chi connectivity index (χ0n) is 35.8. The molecule has 2 heterocycles. The first kappa shape index (κ1) is 46.7. The summed E-state index contributed by atoms with van der Waals surface area (Å²) in [5.74, 6) is -0.113. The van der Waals surface area contributed by atoms with Crippen molar-refractivity contribution in [3.05, 3.63) is 33.7 Å². The molecule has 10 nitrogen and oxygen atoms in total. The van der Waals surface area contributed by atoms with E-state index in [1.54, 1.807) is 0 Å². The number of aldehydes is 1. The largest absolute Gasteiger partial charge is 0.464 e. The highest BCUT2D eigenvalue weighted by Crippen LogP contribution is 2.41. The number of aliphatic imine (C=N–C) groups is 1. The Morgan fingerprint density at radius 2 is 1.39 bits per heavy atom. The van der Waals surface area contributed by atoms with Gasteiger partial charge in [-0.2, -0.15) is 0 Å². The number of esters is 1. The topological polar surface area (TPSA) is 147 Å². The number of amides is 2. The third-order valence-electron chi connectivity index (χ3n) is 11.3. The van der Waals surface area contributed by atoms with E-state index in [4.69, 9.17) is 9.73 Å². The number of amidine groups is 1. The molecule has 3 N–H and O–H groups in total. The number of carbonyl (C=O) groups excluding carboxylic acids is 5. The second-order valence-corrected chi connectivity index (χ2v) is 18.2. The molecule has 0 radical (unpaired) electrons. The molecule has 1 aliphatic rings. The maximum Gasteiger partial charge on any atom is 0.311 e. The Morgan fingerprint density at radius 3 is 1.83 bits per heavy atom. The Hall–Kier alpha value is -3.47. The first-order valence-electron chi connectivity index (χ1n) is 19.9. The van der Waals surface area contributed by atoms with Crippen LogP contribution in [-0.4, -0.2) is 57.8 Å². The van der Waals surface area contributed by atoms with Crippen LogP contribution in [0.4, 0.5) is 5.82 Å². The van der Waals surface area contributed by atoms with E-state index in [1.165, 1.54) is 11.8 Å². The Balaban J connectivity index is 2.74. The molecular weight excluding hydrogens is 701 g/mol. The summed E-state index contributed by atoms with van der Waals surface area (Å²) in [4.78, 5) is 75.6.